The zero-order chi connectivity index (χ0) is 53.6. The van der Waals surface area contributed by atoms with Crippen molar-refractivity contribution in [2.24, 2.45) is 0 Å². The lowest BCUT2D eigenvalue weighted by atomic mass is 9.99. The largest absolute Gasteiger partial charge is 0.394 e. The average Bonchev–Trinajstić information content (AvgIpc) is 3.40. The molecule has 0 saturated carbocycles. The van der Waals surface area contributed by atoms with Crippen LogP contribution in [0.1, 0.15) is 316 Å². The SMILES string of the molecule is CCCCCCC/C=C\C/C=C\CCCCCCCCCCCCCCCCCCCC(=O)NC(COC1OC(CO)C(O)C(O)C1O)C(O)/C=C/CCCCCCCCCCCCCCCCCCCCCC. The molecule has 1 amide bonds. The van der Waals surface area contributed by atoms with Crippen molar-refractivity contribution in [3.63, 3.8) is 0 Å². The van der Waals surface area contributed by atoms with Crippen molar-refractivity contribution in [3.05, 3.63) is 36.5 Å². The molecule has 1 heterocycles. The minimum atomic E-state index is -1.57. The first-order valence-electron chi connectivity index (χ1n) is 32.2. The van der Waals surface area contributed by atoms with E-state index in [9.17, 15) is 30.3 Å². The lowest BCUT2D eigenvalue weighted by Crippen LogP contribution is -2.60. The molecule has 436 valence electrons. The Hall–Kier alpha value is -1.59. The monoisotopic (exact) mass is 1050 g/mol. The van der Waals surface area contributed by atoms with Gasteiger partial charge in [0.2, 0.25) is 5.91 Å². The average molecular weight is 1050 g/mol. The quantitative estimate of drug-likeness (QED) is 0.0261. The maximum atomic E-state index is 13.1. The van der Waals surface area contributed by atoms with Crippen LogP contribution >= 0.6 is 0 Å². The molecule has 6 N–H and O–H groups in total. The predicted molar refractivity (Wildman–Crippen MR) is 313 cm³/mol. The number of amides is 1. The summed E-state index contributed by atoms with van der Waals surface area (Å²) < 4.78 is 11.3. The lowest BCUT2D eigenvalue weighted by Gasteiger charge is -2.40. The summed E-state index contributed by atoms with van der Waals surface area (Å²) in [5, 5.41) is 54.7. The second-order valence-electron chi connectivity index (χ2n) is 22.6. The number of unbranched alkanes of at least 4 members (excludes halogenated alkanes) is 42. The Bertz CT molecular complexity index is 1260. The number of ether oxygens (including phenoxy) is 2. The van der Waals surface area contributed by atoms with Crippen LogP contribution in [-0.2, 0) is 14.3 Å². The molecule has 9 nitrogen and oxygen atoms in total. The van der Waals surface area contributed by atoms with Gasteiger partial charge in [0.25, 0.3) is 0 Å². The van der Waals surface area contributed by atoms with Gasteiger partial charge in [-0.05, 0) is 51.4 Å². The molecule has 1 aliphatic rings. The smallest absolute Gasteiger partial charge is 0.220 e. The van der Waals surface area contributed by atoms with Crippen molar-refractivity contribution >= 4 is 5.91 Å². The van der Waals surface area contributed by atoms with Crippen LogP contribution in [0.3, 0.4) is 0 Å². The third-order valence-electron chi connectivity index (χ3n) is 15.5. The van der Waals surface area contributed by atoms with Crippen molar-refractivity contribution in [1.29, 1.82) is 0 Å². The highest BCUT2D eigenvalue weighted by atomic mass is 16.7. The fraction of sp³-hybridized carbons (Fsp3) is 0.892. The fourth-order valence-electron chi connectivity index (χ4n) is 10.4. The van der Waals surface area contributed by atoms with Gasteiger partial charge in [0.05, 0.1) is 25.4 Å². The number of aliphatic hydroxyl groups is 5. The molecule has 1 saturated heterocycles. The molecule has 1 fully saturated rings. The summed E-state index contributed by atoms with van der Waals surface area (Å²) in [6.07, 6.45) is 65.1. The van der Waals surface area contributed by atoms with Gasteiger partial charge in [-0.2, -0.15) is 0 Å². The second-order valence-corrected chi connectivity index (χ2v) is 22.6. The summed E-state index contributed by atoms with van der Waals surface area (Å²) in [6.45, 7) is 3.81. The van der Waals surface area contributed by atoms with Crippen molar-refractivity contribution in [1.82, 2.24) is 5.32 Å². The van der Waals surface area contributed by atoms with Crippen molar-refractivity contribution in [2.45, 2.75) is 358 Å². The van der Waals surface area contributed by atoms with Gasteiger partial charge in [-0.25, -0.2) is 0 Å². The van der Waals surface area contributed by atoms with Crippen LogP contribution in [-0.4, -0.2) is 87.5 Å². The van der Waals surface area contributed by atoms with E-state index in [2.05, 4.69) is 43.5 Å². The Balaban J connectivity index is 2.16. The van der Waals surface area contributed by atoms with E-state index in [0.717, 1.165) is 44.9 Å². The van der Waals surface area contributed by atoms with Crippen molar-refractivity contribution in [3.8, 4) is 0 Å². The fourth-order valence-corrected chi connectivity index (χ4v) is 10.4. The Morgan fingerprint density at radius 2 is 0.797 bits per heavy atom. The highest BCUT2D eigenvalue weighted by molar-refractivity contribution is 5.76. The summed E-state index contributed by atoms with van der Waals surface area (Å²) in [4.78, 5) is 13.1. The molecule has 7 atom stereocenters. The van der Waals surface area contributed by atoms with Gasteiger partial charge in [0, 0.05) is 6.42 Å². The lowest BCUT2D eigenvalue weighted by molar-refractivity contribution is -0.302. The molecule has 74 heavy (non-hydrogen) atoms. The number of carbonyl (C=O) groups excluding carboxylic acids is 1. The van der Waals surface area contributed by atoms with Crippen LogP contribution in [0.4, 0.5) is 0 Å². The molecular formula is C65H123NO8. The first-order valence-corrected chi connectivity index (χ1v) is 32.2. The van der Waals surface area contributed by atoms with Gasteiger partial charge in [0.1, 0.15) is 24.4 Å². The Kier molecular flexibility index (Phi) is 52.1. The van der Waals surface area contributed by atoms with E-state index >= 15 is 0 Å². The minimum Gasteiger partial charge on any atom is -0.394 e. The first-order chi connectivity index (χ1) is 36.3. The molecule has 0 aromatic rings. The predicted octanol–water partition coefficient (Wildman–Crippen LogP) is 16.7. The summed E-state index contributed by atoms with van der Waals surface area (Å²) in [5.41, 5.74) is 0. The van der Waals surface area contributed by atoms with Crippen LogP contribution in [0.2, 0.25) is 0 Å². The number of allylic oxidation sites excluding steroid dienone is 5. The minimum absolute atomic E-state index is 0.171. The normalized spacial score (nSPS) is 19.1. The zero-order valence-electron chi connectivity index (χ0n) is 48.6. The highest BCUT2D eigenvalue weighted by Crippen LogP contribution is 2.23. The maximum Gasteiger partial charge on any atom is 0.220 e. The number of hydrogen-bond acceptors (Lipinski definition) is 8. The van der Waals surface area contributed by atoms with E-state index in [1.54, 1.807) is 6.08 Å². The number of carbonyl (C=O) groups is 1. The molecule has 7 unspecified atom stereocenters. The summed E-state index contributed by atoms with van der Waals surface area (Å²) >= 11 is 0. The van der Waals surface area contributed by atoms with E-state index in [0.29, 0.717) is 6.42 Å². The van der Waals surface area contributed by atoms with Gasteiger partial charge >= 0.3 is 0 Å². The molecule has 0 aromatic heterocycles. The number of rotatable bonds is 56. The summed E-state index contributed by atoms with van der Waals surface area (Å²) in [6, 6.07) is -0.804. The standard InChI is InChI=1S/C65H123NO8/c1-3-5-7-9-11-13-15-17-19-21-23-25-27-28-29-30-31-32-33-35-37-39-41-43-45-47-49-51-53-55-61(69)66-58(57-73-65-64(72)63(71)62(70)60(56-67)74-65)59(68)54-52-50-48-46-44-42-40-38-36-34-26-24-22-20-18-16-14-12-10-8-6-4-2/h15,17,21,23,52,54,58-60,62-65,67-68,70-72H,3-14,16,18-20,22,24-51,53,55-57H2,1-2H3,(H,66,69)/b17-15-,23-21-,54-52+. The topological polar surface area (TPSA) is 149 Å². The van der Waals surface area contributed by atoms with Crippen molar-refractivity contribution < 1.29 is 39.8 Å². The van der Waals surface area contributed by atoms with Crippen molar-refractivity contribution in [2.75, 3.05) is 13.2 Å². The van der Waals surface area contributed by atoms with Crippen LogP contribution in [0.25, 0.3) is 0 Å². The first kappa shape index (κ1) is 70.4. The second kappa shape index (κ2) is 54.8. The third-order valence-corrected chi connectivity index (χ3v) is 15.5. The molecule has 0 radical (unpaired) electrons. The Labute approximate surface area is 457 Å². The number of aliphatic hydroxyl groups excluding tert-OH is 5. The van der Waals surface area contributed by atoms with E-state index in [-0.39, 0.29) is 12.5 Å². The molecule has 0 aliphatic carbocycles. The zero-order valence-corrected chi connectivity index (χ0v) is 48.6. The van der Waals surface area contributed by atoms with E-state index < -0.39 is 49.5 Å². The Morgan fingerprint density at radius 1 is 0.459 bits per heavy atom. The van der Waals surface area contributed by atoms with Crippen LogP contribution in [0.5, 0.6) is 0 Å². The molecular weight excluding hydrogens is 923 g/mol. The molecule has 0 bridgehead atoms. The molecule has 1 rings (SSSR count). The van der Waals surface area contributed by atoms with E-state index in [4.69, 9.17) is 9.47 Å². The van der Waals surface area contributed by atoms with Crippen LogP contribution in [0, 0.1) is 0 Å². The summed E-state index contributed by atoms with van der Waals surface area (Å²) in [5.74, 6) is -0.171. The third kappa shape index (κ3) is 43.4. The van der Waals surface area contributed by atoms with Crippen LogP contribution in [0.15, 0.2) is 36.5 Å². The van der Waals surface area contributed by atoms with E-state index in [1.807, 2.05) is 6.08 Å². The molecule has 0 aromatic carbocycles. The van der Waals surface area contributed by atoms with Gasteiger partial charge in [-0.3, -0.25) is 4.79 Å². The molecule has 9 heteroatoms. The summed E-state index contributed by atoms with van der Waals surface area (Å²) in [7, 11) is 0. The van der Waals surface area contributed by atoms with E-state index in [1.165, 1.54) is 250 Å². The van der Waals surface area contributed by atoms with Gasteiger partial charge in [0.15, 0.2) is 6.29 Å². The van der Waals surface area contributed by atoms with Gasteiger partial charge < -0.3 is 40.3 Å². The Morgan fingerprint density at radius 3 is 1.16 bits per heavy atom. The number of hydrogen-bond donors (Lipinski definition) is 6. The van der Waals surface area contributed by atoms with Gasteiger partial charge in [-0.15, -0.1) is 0 Å². The maximum absolute atomic E-state index is 13.1. The molecule has 0 spiro atoms. The number of nitrogens with one attached hydrogen (secondary N) is 1. The van der Waals surface area contributed by atoms with Crippen LogP contribution < -0.4 is 5.32 Å². The highest BCUT2D eigenvalue weighted by Gasteiger charge is 2.44. The molecule has 1 aliphatic heterocycles. The van der Waals surface area contributed by atoms with Gasteiger partial charge in [-0.1, -0.05) is 294 Å².